The summed E-state index contributed by atoms with van der Waals surface area (Å²) in [4.78, 5) is 16.0. The third-order valence-electron chi connectivity index (χ3n) is 4.49. The van der Waals surface area contributed by atoms with Gasteiger partial charge in [0.05, 0.1) is 12.2 Å². The summed E-state index contributed by atoms with van der Waals surface area (Å²) in [6, 6.07) is 15.5. The number of anilines is 1. The van der Waals surface area contributed by atoms with Crippen LogP contribution in [0.15, 0.2) is 48.5 Å². The molecule has 1 heterocycles. The first-order valence-electron chi connectivity index (χ1n) is 8.68. The van der Waals surface area contributed by atoms with E-state index in [1.165, 1.54) is 5.69 Å². The van der Waals surface area contributed by atoms with Gasteiger partial charge in [0, 0.05) is 44.0 Å². The highest BCUT2D eigenvalue weighted by Crippen LogP contribution is 2.24. The Morgan fingerprint density at radius 3 is 2.44 bits per heavy atom. The zero-order valence-corrected chi connectivity index (χ0v) is 14.5. The molecule has 5 heteroatoms. The zero-order valence-electron chi connectivity index (χ0n) is 14.5. The summed E-state index contributed by atoms with van der Waals surface area (Å²) in [6.07, 6.45) is 0. The van der Waals surface area contributed by atoms with Gasteiger partial charge in [-0.3, -0.25) is 4.90 Å². The highest BCUT2D eigenvalue weighted by atomic mass is 16.5. The van der Waals surface area contributed by atoms with Crippen LogP contribution in [0.4, 0.5) is 5.69 Å². The number of carboxylic acids is 1. The van der Waals surface area contributed by atoms with Crippen molar-refractivity contribution in [3.05, 3.63) is 59.7 Å². The molecule has 0 saturated carbocycles. The molecule has 0 aliphatic carbocycles. The second-order valence-corrected chi connectivity index (χ2v) is 6.16. The van der Waals surface area contributed by atoms with Gasteiger partial charge in [-0.1, -0.05) is 18.2 Å². The molecule has 0 spiro atoms. The molecule has 0 atom stereocenters. The summed E-state index contributed by atoms with van der Waals surface area (Å²) >= 11 is 0. The minimum atomic E-state index is -0.904. The number of carbonyl (C=O) groups is 1. The van der Waals surface area contributed by atoms with Crippen molar-refractivity contribution in [1.82, 2.24) is 4.90 Å². The minimum absolute atomic E-state index is 0.307. The lowest BCUT2D eigenvalue weighted by molar-refractivity contribution is 0.0696. The predicted octanol–water partition coefficient (Wildman–Crippen LogP) is 3.11. The van der Waals surface area contributed by atoms with Gasteiger partial charge in [0.15, 0.2) is 0 Å². The van der Waals surface area contributed by atoms with E-state index in [1.807, 2.05) is 13.0 Å². The second kappa shape index (κ2) is 8.03. The monoisotopic (exact) mass is 340 g/mol. The van der Waals surface area contributed by atoms with E-state index in [1.54, 1.807) is 18.2 Å². The Balaban J connectivity index is 1.67. The van der Waals surface area contributed by atoms with Gasteiger partial charge >= 0.3 is 5.97 Å². The van der Waals surface area contributed by atoms with Crippen molar-refractivity contribution in [2.45, 2.75) is 13.5 Å². The molecule has 1 aliphatic heterocycles. The molecule has 0 aromatic heterocycles. The number of nitrogens with zero attached hydrogens (tertiary/aromatic N) is 2. The first-order chi connectivity index (χ1) is 12.2. The fourth-order valence-corrected chi connectivity index (χ4v) is 3.18. The number of rotatable bonds is 6. The summed E-state index contributed by atoms with van der Waals surface area (Å²) in [5.41, 5.74) is 2.50. The van der Waals surface area contributed by atoms with Crippen molar-refractivity contribution < 1.29 is 14.6 Å². The molecular weight excluding hydrogens is 316 g/mol. The smallest absolute Gasteiger partial charge is 0.335 e. The molecule has 0 unspecified atom stereocenters. The van der Waals surface area contributed by atoms with Crippen molar-refractivity contribution in [3.63, 3.8) is 0 Å². The molecule has 25 heavy (non-hydrogen) atoms. The molecule has 0 bridgehead atoms. The van der Waals surface area contributed by atoms with Gasteiger partial charge in [0.25, 0.3) is 0 Å². The molecule has 2 aromatic rings. The lowest BCUT2D eigenvalue weighted by atomic mass is 10.1. The maximum Gasteiger partial charge on any atom is 0.335 e. The highest BCUT2D eigenvalue weighted by molar-refractivity contribution is 5.88. The Labute approximate surface area is 148 Å². The summed E-state index contributed by atoms with van der Waals surface area (Å²) in [5, 5.41) is 9.24. The van der Waals surface area contributed by atoms with Crippen LogP contribution in [-0.4, -0.2) is 48.8 Å². The molecule has 1 N–H and O–H groups in total. The fraction of sp³-hybridized carbons (Fsp3) is 0.350. The van der Waals surface area contributed by atoms with Crippen LogP contribution in [-0.2, 0) is 6.54 Å². The molecule has 0 radical (unpaired) electrons. The van der Waals surface area contributed by atoms with E-state index in [9.17, 15) is 9.90 Å². The number of carboxylic acid groups (broad SMARTS) is 1. The fourth-order valence-electron chi connectivity index (χ4n) is 3.18. The Hall–Kier alpha value is -2.53. The van der Waals surface area contributed by atoms with E-state index in [4.69, 9.17) is 4.74 Å². The summed E-state index contributed by atoms with van der Waals surface area (Å²) in [5.74, 6) is -0.129. The Bertz CT molecular complexity index is 710. The van der Waals surface area contributed by atoms with Crippen molar-refractivity contribution >= 4 is 11.7 Å². The third-order valence-corrected chi connectivity index (χ3v) is 4.49. The summed E-state index contributed by atoms with van der Waals surface area (Å²) in [6.45, 7) is 7.03. The van der Waals surface area contributed by atoms with Gasteiger partial charge in [-0.25, -0.2) is 4.79 Å². The van der Waals surface area contributed by atoms with Gasteiger partial charge in [-0.05, 0) is 37.3 Å². The number of benzene rings is 2. The Kier molecular flexibility index (Phi) is 5.56. The first kappa shape index (κ1) is 17.3. The lowest BCUT2D eigenvalue weighted by Crippen LogP contribution is -2.46. The number of piperazine rings is 1. The van der Waals surface area contributed by atoms with Crippen LogP contribution in [0.5, 0.6) is 5.75 Å². The number of aromatic carboxylic acids is 1. The highest BCUT2D eigenvalue weighted by Gasteiger charge is 2.19. The molecule has 2 aromatic carbocycles. The van der Waals surface area contributed by atoms with Gasteiger partial charge in [0.2, 0.25) is 0 Å². The maximum atomic E-state index is 11.3. The average Bonchev–Trinajstić information content (AvgIpc) is 2.64. The van der Waals surface area contributed by atoms with E-state index >= 15 is 0 Å². The Morgan fingerprint density at radius 2 is 1.80 bits per heavy atom. The largest absolute Gasteiger partial charge is 0.494 e. The molecule has 132 valence electrons. The number of hydrogen-bond donors (Lipinski definition) is 1. The number of para-hydroxylation sites is 1. The SMILES string of the molecule is CCOc1ccc(C(=O)O)cc1CN1CCN(c2ccccc2)CC1. The third kappa shape index (κ3) is 4.31. The zero-order chi connectivity index (χ0) is 17.6. The van der Waals surface area contributed by atoms with Crippen LogP contribution in [0.3, 0.4) is 0 Å². The van der Waals surface area contributed by atoms with E-state index in [0.717, 1.165) is 37.5 Å². The topological polar surface area (TPSA) is 53.0 Å². The van der Waals surface area contributed by atoms with E-state index in [0.29, 0.717) is 18.7 Å². The van der Waals surface area contributed by atoms with E-state index in [2.05, 4.69) is 34.1 Å². The van der Waals surface area contributed by atoms with E-state index < -0.39 is 5.97 Å². The van der Waals surface area contributed by atoms with Crippen LogP contribution in [0.1, 0.15) is 22.8 Å². The van der Waals surface area contributed by atoms with Crippen molar-refractivity contribution in [2.24, 2.45) is 0 Å². The van der Waals surface area contributed by atoms with Crippen LogP contribution >= 0.6 is 0 Å². The maximum absolute atomic E-state index is 11.3. The molecule has 3 rings (SSSR count). The second-order valence-electron chi connectivity index (χ2n) is 6.16. The molecule has 1 aliphatic rings. The first-order valence-corrected chi connectivity index (χ1v) is 8.68. The van der Waals surface area contributed by atoms with Crippen molar-refractivity contribution in [2.75, 3.05) is 37.7 Å². The van der Waals surface area contributed by atoms with Gasteiger partial charge in [-0.2, -0.15) is 0 Å². The number of hydrogen-bond acceptors (Lipinski definition) is 4. The van der Waals surface area contributed by atoms with Crippen LogP contribution in [0, 0.1) is 0 Å². The molecule has 5 nitrogen and oxygen atoms in total. The van der Waals surface area contributed by atoms with Crippen LogP contribution in [0.2, 0.25) is 0 Å². The summed E-state index contributed by atoms with van der Waals surface area (Å²) in [7, 11) is 0. The summed E-state index contributed by atoms with van der Waals surface area (Å²) < 4.78 is 5.67. The molecule has 1 fully saturated rings. The van der Waals surface area contributed by atoms with E-state index in [-0.39, 0.29) is 0 Å². The van der Waals surface area contributed by atoms with Crippen molar-refractivity contribution in [3.8, 4) is 5.75 Å². The number of ether oxygens (including phenoxy) is 1. The minimum Gasteiger partial charge on any atom is -0.494 e. The van der Waals surface area contributed by atoms with Gasteiger partial charge in [-0.15, -0.1) is 0 Å². The quantitative estimate of drug-likeness (QED) is 0.876. The van der Waals surface area contributed by atoms with Gasteiger partial charge < -0.3 is 14.7 Å². The predicted molar refractivity (Wildman–Crippen MR) is 98.5 cm³/mol. The van der Waals surface area contributed by atoms with Crippen molar-refractivity contribution in [1.29, 1.82) is 0 Å². The van der Waals surface area contributed by atoms with Crippen LogP contribution in [0.25, 0.3) is 0 Å². The normalized spacial score (nSPS) is 15.2. The Morgan fingerprint density at radius 1 is 1.08 bits per heavy atom. The lowest BCUT2D eigenvalue weighted by Gasteiger charge is -2.36. The standard InChI is InChI=1S/C20H24N2O3/c1-2-25-19-9-8-16(20(23)24)14-17(19)15-21-10-12-22(13-11-21)18-6-4-3-5-7-18/h3-9,14H,2,10-13,15H2,1H3,(H,23,24). The molecular formula is C20H24N2O3. The van der Waals surface area contributed by atoms with Crippen LogP contribution < -0.4 is 9.64 Å². The van der Waals surface area contributed by atoms with Gasteiger partial charge in [0.1, 0.15) is 5.75 Å². The molecule has 1 saturated heterocycles. The molecule has 0 amide bonds. The average molecular weight is 340 g/mol.